The second-order valence-electron chi connectivity index (χ2n) is 4.99. The van der Waals surface area contributed by atoms with Crippen LogP contribution in [-0.4, -0.2) is 34.2 Å². The van der Waals surface area contributed by atoms with E-state index in [1.807, 2.05) is 12.1 Å². The molecule has 1 aliphatic rings. The number of aliphatic carboxylic acids is 1. The van der Waals surface area contributed by atoms with Crippen molar-refractivity contribution in [1.29, 1.82) is 0 Å². The first-order valence-electron chi connectivity index (χ1n) is 6.35. The van der Waals surface area contributed by atoms with E-state index in [2.05, 4.69) is 4.90 Å². The summed E-state index contributed by atoms with van der Waals surface area (Å²) in [6, 6.07) is 7.26. The minimum Gasteiger partial charge on any atom is -0.508 e. The molecule has 0 spiro atoms. The summed E-state index contributed by atoms with van der Waals surface area (Å²) >= 11 is 0. The number of phenols is 1. The number of nitrogens with zero attached hydrogens (tertiary/aromatic N) is 1. The van der Waals surface area contributed by atoms with Crippen LogP contribution in [0.4, 0.5) is 0 Å². The fourth-order valence-corrected chi connectivity index (χ4v) is 2.48. The molecule has 0 aliphatic carbocycles. The highest BCUT2D eigenvalue weighted by Gasteiger charge is 2.22. The average molecular weight is 249 g/mol. The van der Waals surface area contributed by atoms with Crippen LogP contribution in [-0.2, 0) is 11.3 Å². The van der Waals surface area contributed by atoms with Gasteiger partial charge in [0.05, 0.1) is 0 Å². The van der Waals surface area contributed by atoms with Crippen molar-refractivity contribution in [3.63, 3.8) is 0 Å². The number of carbonyl (C=O) groups is 1. The summed E-state index contributed by atoms with van der Waals surface area (Å²) in [7, 11) is 0. The Morgan fingerprint density at radius 2 is 2.06 bits per heavy atom. The van der Waals surface area contributed by atoms with Crippen molar-refractivity contribution in [2.45, 2.75) is 25.8 Å². The van der Waals surface area contributed by atoms with Gasteiger partial charge in [-0.05, 0) is 43.0 Å². The fourth-order valence-electron chi connectivity index (χ4n) is 2.48. The number of carboxylic acids is 1. The topological polar surface area (TPSA) is 60.8 Å². The van der Waals surface area contributed by atoms with Gasteiger partial charge in [-0.2, -0.15) is 0 Å². The monoisotopic (exact) mass is 249 g/mol. The summed E-state index contributed by atoms with van der Waals surface area (Å²) in [5.41, 5.74) is 1.19. The van der Waals surface area contributed by atoms with E-state index < -0.39 is 5.97 Å². The predicted molar refractivity (Wildman–Crippen MR) is 68.4 cm³/mol. The molecule has 1 aromatic rings. The number of hydrogen-bond donors (Lipinski definition) is 2. The Kier molecular flexibility index (Phi) is 4.20. The third-order valence-corrected chi connectivity index (χ3v) is 3.48. The van der Waals surface area contributed by atoms with E-state index in [0.717, 1.165) is 32.5 Å². The van der Waals surface area contributed by atoms with E-state index in [9.17, 15) is 9.90 Å². The van der Waals surface area contributed by atoms with Gasteiger partial charge in [-0.1, -0.05) is 12.1 Å². The van der Waals surface area contributed by atoms with Gasteiger partial charge in [0, 0.05) is 19.5 Å². The zero-order valence-electron chi connectivity index (χ0n) is 10.4. The van der Waals surface area contributed by atoms with Crippen LogP contribution in [0, 0.1) is 5.92 Å². The lowest BCUT2D eigenvalue weighted by Gasteiger charge is -2.15. The van der Waals surface area contributed by atoms with Gasteiger partial charge in [0.2, 0.25) is 0 Å². The van der Waals surface area contributed by atoms with Crippen molar-refractivity contribution in [2.75, 3.05) is 13.1 Å². The first-order valence-corrected chi connectivity index (χ1v) is 6.35. The van der Waals surface area contributed by atoms with Crippen LogP contribution < -0.4 is 0 Å². The van der Waals surface area contributed by atoms with Crippen LogP contribution in [0.1, 0.15) is 24.8 Å². The summed E-state index contributed by atoms with van der Waals surface area (Å²) in [4.78, 5) is 12.9. The molecule has 1 aromatic carbocycles. The van der Waals surface area contributed by atoms with Gasteiger partial charge in [-0.3, -0.25) is 9.69 Å². The molecule has 1 atom stereocenters. The quantitative estimate of drug-likeness (QED) is 0.838. The standard InChI is InChI=1S/C14H19NO3/c16-13-4-1-11(2-5-13)9-15-8-7-12(10-15)3-6-14(17)18/h1-2,4-5,12,16H,3,6-10H2,(H,17,18). The molecule has 1 heterocycles. The Labute approximate surface area is 107 Å². The fraction of sp³-hybridized carbons (Fsp3) is 0.500. The zero-order valence-corrected chi connectivity index (χ0v) is 10.4. The Hall–Kier alpha value is -1.55. The van der Waals surface area contributed by atoms with Crippen LogP contribution in [0.3, 0.4) is 0 Å². The van der Waals surface area contributed by atoms with Crippen LogP contribution in [0.2, 0.25) is 0 Å². The van der Waals surface area contributed by atoms with Gasteiger partial charge in [0.15, 0.2) is 0 Å². The third kappa shape index (κ3) is 3.74. The summed E-state index contributed by atoms with van der Waals surface area (Å²) in [5.74, 6) is 0.102. The Morgan fingerprint density at radius 3 is 2.72 bits per heavy atom. The summed E-state index contributed by atoms with van der Waals surface area (Å²) in [6.07, 6.45) is 2.14. The lowest BCUT2D eigenvalue weighted by atomic mass is 10.0. The van der Waals surface area contributed by atoms with Crippen molar-refractivity contribution in [2.24, 2.45) is 5.92 Å². The summed E-state index contributed by atoms with van der Waals surface area (Å²) in [5, 5.41) is 17.9. The molecule has 0 aromatic heterocycles. The maximum atomic E-state index is 10.5. The molecule has 2 N–H and O–H groups in total. The number of carboxylic acid groups (broad SMARTS) is 1. The Balaban J connectivity index is 1.78. The highest BCUT2D eigenvalue weighted by atomic mass is 16.4. The Bertz CT molecular complexity index is 402. The molecule has 4 nitrogen and oxygen atoms in total. The number of rotatable bonds is 5. The smallest absolute Gasteiger partial charge is 0.303 e. The molecule has 0 radical (unpaired) electrons. The minimum atomic E-state index is -0.702. The van der Waals surface area contributed by atoms with E-state index >= 15 is 0 Å². The molecule has 0 amide bonds. The second kappa shape index (κ2) is 5.87. The SMILES string of the molecule is O=C(O)CCC1CCN(Cc2ccc(O)cc2)C1. The van der Waals surface area contributed by atoms with Crippen molar-refractivity contribution < 1.29 is 15.0 Å². The molecule has 1 fully saturated rings. The molecule has 1 aliphatic heterocycles. The number of benzene rings is 1. The van der Waals surface area contributed by atoms with Gasteiger partial charge in [-0.15, -0.1) is 0 Å². The van der Waals surface area contributed by atoms with Gasteiger partial charge in [0.1, 0.15) is 5.75 Å². The molecular weight excluding hydrogens is 230 g/mol. The zero-order chi connectivity index (χ0) is 13.0. The summed E-state index contributed by atoms with van der Waals surface area (Å²) < 4.78 is 0. The lowest BCUT2D eigenvalue weighted by molar-refractivity contribution is -0.137. The lowest BCUT2D eigenvalue weighted by Crippen LogP contribution is -2.20. The number of hydrogen-bond acceptors (Lipinski definition) is 3. The van der Waals surface area contributed by atoms with Gasteiger partial charge < -0.3 is 10.2 Å². The molecular formula is C14H19NO3. The highest BCUT2D eigenvalue weighted by Crippen LogP contribution is 2.23. The summed E-state index contributed by atoms with van der Waals surface area (Å²) in [6.45, 7) is 2.89. The van der Waals surface area contributed by atoms with Crippen molar-refractivity contribution in [3.05, 3.63) is 29.8 Å². The van der Waals surface area contributed by atoms with Gasteiger partial charge >= 0.3 is 5.97 Å². The molecule has 0 saturated carbocycles. The first kappa shape index (κ1) is 12.9. The number of likely N-dealkylation sites (tertiary alicyclic amines) is 1. The average Bonchev–Trinajstić information content (AvgIpc) is 2.77. The molecule has 1 saturated heterocycles. The number of aromatic hydroxyl groups is 1. The largest absolute Gasteiger partial charge is 0.508 e. The van der Waals surface area contributed by atoms with Gasteiger partial charge in [-0.25, -0.2) is 0 Å². The van der Waals surface area contributed by atoms with Crippen LogP contribution in [0.15, 0.2) is 24.3 Å². The third-order valence-electron chi connectivity index (χ3n) is 3.48. The first-order chi connectivity index (χ1) is 8.63. The molecule has 4 heteroatoms. The van der Waals surface area contributed by atoms with E-state index in [-0.39, 0.29) is 6.42 Å². The predicted octanol–water partition coefficient (Wildman–Crippen LogP) is 2.08. The molecule has 1 unspecified atom stereocenters. The second-order valence-corrected chi connectivity index (χ2v) is 4.99. The minimum absolute atomic E-state index is 0.276. The number of phenolic OH excluding ortho intramolecular Hbond substituents is 1. The van der Waals surface area contributed by atoms with E-state index in [1.165, 1.54) is 5.56 Å². The molecule has 18 heavy (non-hydrogen) atoms. The van der Waals surface area contributed by atoms with Crippen molar-refractivity contribution >= 4 is 5.97 Å². The van der Waals surface area contributed by atoms with Crippen LogP contribution >= 0.6 is 0 Å². The van der Waals surface area contributed by atoms with E-state index in [0.29, 0.717) is 11.7 Å². The van der Waals surface area contributed by atoms with E-state index in [4.69, 9.17) is 5.11 Å². The van der Waals surface area contributed by atoms with Crippen LogP contribution in [0.5, 0.6) is 5.75 Å². The maximum Gasteiger partial charge on any atom is 0.303 e. The molecule has 98 valence electrons. The maximum absolute atomic E-state index is 10.5. The van der Waals surface area contributed by atoms with Crippen molar-refractivity contribution in [1.82, 2.24) is 4.90 Å². The molecule has 0 bridgehead atoms. The highest BCUT2D eigenvalue weighted by molar-refractivity contribution is 5.66. The molecule has 2 rings (SSSR count). The van der Waals surface area contributed by atoms with Crippen LogP contribution in [0.25, 0.3) is 0 Å². The van der Waals surface area contributed by atoms with Crippen molar-refractivity contribution in [3.8, 4) is 5.75 Å². The van der Waals surface area contributed by atoms with E-state index in [1.54, 1.807) is 12.1 Å². The Morgan fingerprint density at radius 1 is 1.33 bits per heavy atom. The van der Waals surface area contributed by atoms with Gasteiger partial charge in [0.25, 0.3) is 0 Å². The normalized spacial score (nSPS) is 20.1.